The molecule has 62 valence electrons. The number of hydrogen-bond donors (Lipinski definition) is 0. The first-order valence-corrected chi connectivity index (χ1v) is 4.50. The molecule has 0 aliphatic rings. The van der Waals surface area contributed by atoms with Crippen molar-refractivity contribution >= 4 is 27.2 Å². The summed E-state index contributed by atoms with van der Waals surface area (Å²) in [5.74, 6) is 0.726. The predicted molar refractivity (Wildman–Crippen MR) is 48.9 cm³/mol. The smallest absolute Gasteiger partial charge is 0.248 e. The molecule has 0 saturated carbocycles. The number of hydrogen-bond acceptors (Lipinski definition) is 3. The Morgan fingerprint density at radius 1 is 1.58 bits per heavy atom. The molecule has 2 aromatic heterocycles. The van der Waals surface area contributed by atoms with Gasteiger partial charge in [0.05, 0.1) is 4.47 Å². The quantitative estimate of drug-likeness (QED) is 0.751. The van der Waals surface area contributed by atoms with Crippen LogP contribution in [0.3, 0.4) is 0 Å². The number of rotatable bonds is 1. The van der Waals surface area contributed by atoms with Crippen LogP contribution in [0.1, 0.15) is 12.8 Å². The lowest BCUT2D eigenvalue weighted by atomic mass is 10.4. The number of oxazole rings is 1. The molecule has 0 unspecified atom stereocenters. The molecule has 0 saturated heterocycles. The monoisotopic (exact) mass is 226 g/mol. The van der Waals surface area contributed by atoms with Crippen LogP contribution in [0.4, 0.5) is 0 Å². The zero-order valence-corrected chi connectivity index (χ0v) is 8.13. The predicted octanol–water partition coefficient (Wildman–Crippen LogP) is 2.55. The van der Waals surface area contributed by atoms with Crippen LogP contribution in [0.15, 0.2) is 21.2 Å². The molecule has 0 atom stereocenters. The van der Waals surface area contributed by atoms with Crippen molar-refractivity contribution in [2.75, 3.05) is 0 Å². The van der Waals surface area contributed by atoms with Gasteiger partial charge in [-0.1, -0.05) is 6.92 Å². The fourth-order valence-corrected chi connectivity index (χ4v) is 1.38. The number of pyridine rings is 1. The molecular formula is C8H7BrN2O. The van der Waals surface area contributed by atoms with Crippen molar-refractivity contribution in [3.8, 4) is 0 Å². The summed E-state index contributed by atoms with van der Waals surface area (Å²) in [6.45, 7) is 2.00. The molecule has 4 heteroatoms. The van der Waals surface area contributed by atoms with E-state index in [2.05, 4.69) is 25.9 Å². The normalized spacial score (nSPS) is 10.8. The van der Waals surface area contributed by atoms with Crippen molar-refractivity contribution < 1.29 is 4.42 Å². The number of aryl methyl sites for hydroxylation is 1. The lowest BCUT2D eigenvalue weighted by molar-refractivity contribution is 0.529. The molecule has 2 aromatic rings. The number of halogens is 1. The van der Waals surface area contributed by atoms with Crippen molar-refractivity contribution in [3.63, 3.8) is 0 Å². The summed E-state index contributed by atoms with van der Waals surface area (Å²) in [4.78, 5) is 8.31. The molecule has 2 heterocycles. The molecule has 0 aromatic carbocycles. The third kappa shape index (κ3) is 1.12. The van der Waals surface area contributed by atoms with Gasteiger partial charge >= 0.3 is 0 Å². The molecule has 12 heavy (non-hydrogen) atoms. The van der Waals surface area contributed by atoms with Crippen LogP contribution >= 0.6 is 15.9 Å². The fourth-order valence-electron chi connectivity index (χ4n) is 0.999. The van der Waals surface area contributed by atoms with E-state index in [1.54, 1.807) is 6.20 Å². The Labute approximate surface area is 77.9 Å². The van der Waals surface area contributed by atoms with E-state index in [0.29, 0.717) is 5.71 Å². The molecule has 0 amide bonds. The zero-order chi connectivity index (χ0) is 8.55. The zero-order valence-electron chi connectivity index (χ0n) is 6.54. The first-order valence-electron chi connectivity index (χ1n) is 3.71. The topological polar surface area (TPSA) is 38.9 Å². The van der Waals surface area contributed by atoms with Crippen molar-refractivity contribution in [2.24, 2.45) is 0 Å². The second kappa shape index (κ2) is 2.86. The SMILES string of the molecule is CCc1nc2c(Br)ccnc2o1. The summed E-state index contributed by atoms with van der Waals surface area (Å²) in [6.07, 6.45) is 2.49. The summed E-state index contributed by atoms with van der Waals surface area (Å²) in [6, 6.07) is 1.85. The van der Waals surface area contributed by atoms with Gasteiger partial charge in [0.25, 0.3) is 0 Å². The summed E-state index contributed by atoms with van der Waals surface area (Å²) in [5, 5.41) is 0. The molecule has 0 fully saturated rings. The Morgan fingerprint density at radius 2 is 2.42 bits per heavy atom. The van der Waals surface area contributed by atoms with Crippen LogP contribution in [0.25, 0.3) is 11.2 Å². The third-order valence-corrected chi connectivity index (χ3v) is 2.23. The molecule has 0 N–H and O–H groups in total. The van der Waals surface area contributed by atoms with Crippen LogP contribution in [0.2, 0.25) is 0 Å². The lowest BCUT2D eigenvalue weighted by Gasteiger charge is -1.86. The number of nitrogens with zero attached hydrogens (tertiary/aromatic N) is 2. The first-order chi connectivity index (χ1) is 5.81. The Kier molecular flexibility index (Phi) is 1.84. The van der Waals surface area contributed by atoms with Crippen LogP contribution in [-0.2, 0) is 6.42 Å². The van der Waals surface area contributed by atoms with E-state index >= 15 is 0 Å². The van der Waals surface area contributed by atoms with Crippen LogP contribution < -0.4 is 0 Å². The number of aromatic nitrogens is 2. The number of fused-ring (bicyclic) bond motifs is 1. The van der Waals surface area contributed by atoms with Crippen LogP contribution in [0, 0.1) is 0 Å². The highest BCUT2D eigenvalue weighted by atomic mass is 79.9. The molecule has 0 aliphatic heterocycles. The Hall–Kier alpha value is -0.900. The van der Waals surface area contributed by atoms with E-state index in [1.165, 1.54) is 0 Å². The highest BCUT2D eigenvalue weighted by molar-refractivity contribution is 9.10. The minimum atomic E-state index is 0.598. The summed E-state index contributed by atoms with van der Waals surface area (Å²) in [5.41, 5.74) is 1.40. The van der Waals surface area contributed by atoms with E-state index in [-0.39, 0.29) is 0 Å². The maximum Gasteiger partial charge on any atom is 0.248 e. The summed E-state index contributed by atoms with van der Waals surface area (Å²) >= 11 is 3.38. The minimum absolute atomic E-state index is 0.598. The highest BCUT2D eigenvalue weighted by Crippen LogP contribution is 2.21. The third-order valence-electron chi connectivity index (χ3n) is 1.59. The standard InChI is InChI=1S/C8H7BrN2O/c1-2-6-11-7-5(9)3-4-10-8(7)12-6/h3-4H,2H2,1H3. The van der Waals surface area contributed by atoms with E-state index in [1.807, 2.05) is 13.0 Å². The molecular weight excluding hydrogens is 220 g/mol. The van der Waals surface area contributed by atoms with E-state index < -0.39 is 0 Å². The average molecular weight is 227 g/mol. The second-order valence-corrected chi connectivity index (χ2v) is 3.26. The maximum absolute atomic E-state index is 5.35. The van der Waals surface area contributed by atoms with Gasteiger partial charge < -0.3 is 4.42 Å². The van der Waals surface area contributed by atoms with Gasteiger partial charge in [0, 0.05) is 12.6 Å². The molecule has 0 aliphatic carbocycles. The fraction of sp³-hybridized carbons (Fsp3) is 0.250. The Morgan fingerprint density at radius 3 is 3.08 bits per heavy atom. The molecule has 3 nitrogen and oxygen atoms in total. The Balaban J connectivity index is 2.74. The average Bonchev–Trinajstić information content (AvgIpc) is 2.49. The molecule has 0 radical (unpaired) electrons. The van der Waals surface area contributed by atoms with Gasteiger partial charge in [-0.2, -0.15) is 0 Å². The first kappa shape index (κ1) is 7.73. The van der Waals surface area contributed by atoms with Crippen molar-refractivity contribution in [1.29, 1.82) is 0 Å². The molecule has 2 rings (SSSR count). The van der Waals surface area contributed by atoms with E-state index in [9.17, 15) is 0 Å². The largest absolute Gasteiger partial charge is 0.422 e. The van der Waals surface area contributed by atoms with Gasteiger partial charge in [-0.25, -0.2) is 9.97 Å². The van der Waals surface area contributed by atoms with Gasteiger partial charge in [0.2, 0.25) is 5.71 Å². The lowest BCUT2D eigenvalue weighted by Crippen LogP contribution is -1.76. The van der Waals surface area contributed by atoms with Gasteiger partial charge in [-0.05, 0) is 22.0 Å². The van der Waals surface area contributed by atoms with Gasteiger partial charge in [-0.3, -0.25) is 0 Å². The van der Waals surface area contributed by atoms with Crippen molar-refractivity contribution in [2.45, 2.75) is 13.3 Å². The summed E-state index contributed by atoms with van der Waals surface area (Å²) in [7, 11) is 0. The van der Waals surface area contributed by atoms with Crippen LogP contribution in [-0.4, -0.2) is 9.97 Å². The molecule has 0 bridgehead atoms. The van der Waals surface area contributed by atoms with Gasteiger partial charge in [0.1, 0.15) is 5.52 Å². The van der Waals surface area contributed by atoms with Gasteiger partial charge in [-0.15, -0.1) is 0 Å². The molecule has 0 spiro atoms. The highest BCUT2D eigenvalue weighted by Gasteiger charge is 2.06. The van der Waals surface area contributed by atoms with E-state index in [0.717, 1.165) is 22.3 Å². The van der Waals surface area contributed by atoms with Crippen LogP contribution in [0.5, 0.6) is 0 Å². The van der Waals surface area contributed by atoms with Crippen molar-refractivity contribution in [1.82, 2.24) is 9.97 Å². The Bertz CT molecular complexity index is 410. The summed E-state index contributed by atoms with van der Waals surface area (Å²) < 4.78 is 6.27. The van der Waals surface area contributed by atoms with E-state index in [4.69, 9.17) is 4.42 Å². The maximum atomic E-state index is 5.35. The van der Waals surface area contributed by atoms with Gasteiger partial charge in [0.15, 0.2) is 5.89 Å². The minimum Gasteiger partial charge on any atom is -0.422 e. The second-order valence-electron chi connectivity index (χ2n) is 2.41. The van der Waals surface area contributed by atoms with Crippen molar-refractivity contribution in [3.05, 3.63) is 22.6 Å².